The Morgan fingerprint density at radius 3 is 2.21 bits per heavy atom. The molecule has 0 spiro atoms. The van der Waals surface area contributed by atoms with E-state index in [0.29, 0.717) is 0 Å². The molecule has 1 unspecified atom stereocenters. The van der Waals surface area contributed by atoms with Crippen molar-refractivity contribution in [2.45, 2.75) is 25.9 Å². The number of hydrogen-bond acceptors (Lipinski definition) is 1. The molecule has 0 radical (unpaired) electrons. The second kappa shape index (κ2) is 6.18. The molecule has 0 heterocycles. The van der Waals surface area contributed by atoms with Gasteiger partial charge < -0.3 is 5.32 Å². The molecule has 1 N–H and O–H groups in total. The van der Waals surface area contributed by atoms with E-state index in [1.807, 2.05) is 31.2 Å². The summed E-state index contributed by atoms with van der Waals surface area (Å²) in [6.45, 7) is 4.11. The molecule has 2 aromatic rings. The predicted molar refractivity (Wildman–Crippen MR) is 77.8 cm³/mol. The molecule has 2 aromatic carbocycles. The zero-order valence-corrected chi connectivity index (χ0v) is 11.8. The normalized spacial score (nSPS) is 14.1. The first-order valence-corrected chi connectivity index (χ1v) is 6.71. The van der Waals surface area contributed by atoms with Gasteiger partial charge in [0, 0.05) is 12.1 Å². The molecule has 0 bridgehead atoms. The van der Waals surface area contributed by atoms with Crippen molar-refractivity contribution in [3.63, 3.8) is 0 Å². The molecule has 0 saturated carbocycles. The number of nitrogens with one attached hydrogen (secondary N) is 1. The number of benzene rings is 2. The van der Waals surface area contributed by atoms with E-state index in [4.69, 9.17) is 11.6 Å². The van der Waals surface area contributed by atoms with Crippen LogP contribution in [0.1, 0.15) is 37.1 Å². The van der Waals surface area contributed by atoms with Crippen molar-refractivity contribution in [1.29, 1.82) is 0 Å². The van der Waals surface area contributed by atoms with Crippen molar-refractivity contribution >= 4 is 11.6 Å². The molecule has 0 amide bonds. The fraction of sp³-hybridized carbons (Fsp3) is 0.250. The van der Waals surface area contributed by atoms with Crippen LogP contribution in [0.4, 0.5) is 4.39 Å². The van der Waals surface area contributed by atoms with Crippen LogP contribution in [-0.4, -0.2) is 0 Å². The lowest BCUT2D eigenvalue weighted by Gasteiger charge is -2.21. The smallest absolute Gasteiger partial charge is 0.142 e. The molecule has 0 saturated heterocycles. The van der Waals surface area contributed by atoms with Gasteiger partial charge in [-0.15, -0.1) is 0 Å². The first kappa shape index (κ1) is 14.0. The Hall–Kier alpha value is -1.38. The maximum Gasteiger partial charge on any atom is 0.142 e. The third-order valence-corrected chi connectivity index (χ3v) is 3.55. The highest BCUT2D eigenvalue weighted by Crippen LogP contribution is 2.22. The molecule has 3 heteroatoms. The van der Waals surface area contributed by atoms with Crippen LogP contribution in [0, 0.1) is 5.82 Å². The molecular formula is C16H17ClFN. The third kappa shape index (κ3) is 3.55. The molecule has 100 valence electrons. The van der Waals surface area contributed by atoms with Gasteiger partial charge in [-0.1, -0.05) is 48.0 Å². The summed E-state index contributed by atoms with van der Waals surface area (Å²) >= 11 is 5.69. The van der Waals surface area contributed by atoms with Gasteiger partial charge in [0.15, 0.2) is 0 Å². The van der Waals surface area contributed by atoms with Gasteiger partial charge in [-0.25, -0.2) is 4.39 Å². The summed E-state index contributed by atoms with van der Waals surface area (Å²) in [5.74, 6) is -0.375. The van der Waals surface area contributed by atoms with Crippen LogP contribution in [0.5, 0.6) is 0 Å². The molecular weight excluding hydrogens is 261 g/mol. The second-order valence-electron chi connectivity index (χ2n) is 4.69. The number of rotatable bonds is 4. The SMILES string of the molecule is CC(N[C@@H](C)c1ccccc1)c1ccc(Cl)c(F)c1. The Labute approximate surface area is 118 Å². The van der Waals surface area contributed by atoms with Gasteiger partial charge in [0.2, 0.25) is 0 Å². The Kier molecular flexibility index (Phi) is 4.56. The van der Waals surface area contributed by atoms with Gasteiger partial charge in [-0.05, 0) is 37.1 Å². The largest absolute Gasteiger partial charge is 0.304 e. The second-order valence-corrected chi connectivity index (χ2v) is 5.10. The molecule has 1 nitrogen and oxygen atoms in total. The van der Waals surface area contributed by atoms with E-state index >= 15 is 0 Å². The first-order chi connectivity index (χ1) is 9.08. The van der Waals surface area contributed by atoms with Crippen molar-refractivity contribution in [3.05, 3.63) is 70.5 Å². The quantitative estimate of drug-likeness (QED) is 0.839. The molecule has 0 fully saturated rings. The highest BCUT2D eigenvalue weighted by atomic mass is 35.5. The van der Waals surface area contributed by atoms with Gasteiger partial charge in [0.05, 0.1) is 5.02 Å². The summed E-state index contributed by atoms with van der Waals surface area (Å²) < 4.78 is 13.4. The minimum Gasteiger partial charge on any atom is -0.304 e. The third-order valence-electron chi connectivity index (χ3n) is 3.24. The average molecular weight is 278 g/mol. The van der Waals surface area contributed by atoms with E-state index in [-0.39, 0.29) is 22.9 Å². The van der Waals surface area contributed by atoms with Crippen LogP contribution in [0.25, 0.3) is 0 Å². The molecule has 0 aliphatic carbocycles. The standard InChI is InChI=1S/C16H17ClFN/c1-11(13-6-4-3-5-7-13)19-12(2)14-8-9-15(17)16(18)10-14/h3-12,19H,1-2H3/t11-,12?/m0/s1. The predicted octanol–water partition coefficient (Wildman–Crippen LogP) is 4.89. The van der Waals surface area contributed by atoms with E-state index < -0.39 is 0 Å². The minimum atomic E-state index is -0.375. The summed E-state index contributed by atoms with van der Waals surface area (Å²) in [4.78, 5) is 0. The molecule has 0 aliphatic rings. The van der Waals surface area contributed by atoms with Crippen molar-refractivity contribution in [3.8, 4) is 0 Å². The van der Waals surface area contributed by atoms with Gasteiger partial charge in [0.25, 0.3) is 0 Å². The van der Waals surface area contributed by atoms with Gasteiger partial charge in [-0.2, -0.15) is 0 Å². The zero-order valence-electron chi connectivity index (χ0n) is 11.0. The van der Waals surface area contributed by atoms with E-state index in [1.165, 1.54) is 11.6 Å². The van der Waals surface area contributed by atoms with Crippen LogP contribution >= 0.6 is 11.6 Å². The van der Waals surface area contributed by atoms with Crippen molar-refractivity contribution in [2.24, 2.45) is 0 Å². The van der Waals surface area contributed by atoms with E-state index in [1.54, 1.807) is 6.07 Å². The fourth-order valence-corrected chi connectivity index (χ4v) is 2.21. The number of halogens is 2. The van der Waals surface area contributed by atoms with Crippen molar-refractivity contribution in [1.82, 2.24) is 5.32 Å². The Bertz CT molecular complexity index is 542. The lowest BCUT2D eigenvalue weighted by Crippen LogP contribution is -2.22. The van der Waals surface area contributed by atoms with Crippen LogP contribution < -0.4 is 5.32 Å². The summed E-state index contributed by atoms with van der Waals surface area (Å²) in [6, 6.07) is 15.4. The fourth-order valence-electron chi connectivity index (χ4n) is 2.09. The Morgan fingerprint density at radius 2 is 1.58 bits per heavy atom. The molecule has 0 aliphatic heterocycles. The zero-order chi connectivity index (χ0) is 13.8. The summed E-state index contributed by atoms with van der Waals surface area (Å²) in [7, 11) is 0. The van der Waals surface area contributed by atoms with Gasteiger partial charge in [-0.3, -0.25) is 0 Å². The van der Waals surface area contributed by atoms with E-state index in [2.05, 4.69) is 24.4 Å². The first-order valence-electron chi connectivity index (χ1n) is 6.34. The van der Waals surface area contributed by atoms with E-state index in [0.717, 1.165) is 5.56 Å². The van der Waals surface area contributed by atoms with Crippen LogP contribution in [0.2, 0.25) is 5.02 Å². The highest BCUT2D eigenvalue weighted by Gasteiger charge is 2.12. The summed E-state index contributed by atoms with van der Waals surface area (Å²) in [6.07, 6.45) is 0. The highest BCUT2D eigenvalue weighted by molar-refractivity contribution is 6.30. The van der Waals surface area contributed by atoms with Crippen LogP contribution in [0.3, 0.4) is 0 Å². The van der Waals surface area contributed by atoms with Gasteiger partial charge in [0.1, 0.15) is 5.82 Å². The Balaban J connectivity index is 2.08. The minimum absolute atomic E-state index is 0.0574. The van der Waals surface area contributed by atoms with Crippen molar-refractivity contribution in [2.75, 3.05) is 0 Å². The number of hydrogen-bond donors (Lipinski definition) is 1. The van der Waals surface area contributed by atoms with Crippen LogP contribution in [-0.2, 0) is 0 Å². The van der Waals surface area contributed by atoms with Crippen LogP contribution in [0.15, 0.2) is 48.5 Å². The lowest BCUT2D eigenvalue weighted by atomic mass is 10.0. The monoisotopic (exact) mass is 277 g/mol. The Morgan fingerprint density at radius 1 is 0.947 bits per heavy atom. The molecule has 2 rings (SSSR count). The molecule has 2 atom stereocenters. The average Bonchev–Trinajstić information content (AvgIpc) is 2.42. The lowest BCUT2D eigenvalue weighted by molar-refractivity contribution is 0.492. The van der Waals surface area contributed by atoms with Crippen molar-refractivity contribution < 1.29 is 4.39 Å². The maximum atomic E-state index is 13.4. The summed E-state index contributed by atoms with van der Waals surface area (Å²) in [5, 5.41) is 3.61. The van der Waals surface area contributed by atoms with Gasteiger partial charge >= 0.3 is 0 Å². The molecule has 0 aromatic heterocycles. The van der Waals surface area contributed by atoms with E-state index in [9.17, 15) is 4.39 Å². The summed E-state index contributed by atoms with van der Waals surface area (Å²) in [5.41, 5.74) is 2.11. The maximum absolute atomic E-state index is 13.4. The molecule has 19 heavy (non-hydrogen) atoms. The topological polar surface area (TPSA) is 12.0 Å².